The van der Waals surface area contributed by atoms with Crippen molar-refractivity contribution < 1.29 is 0 Å². The van der Waals surface area contributed by atoms with Crippen LogP contribution in [0.25, 0.3) is 0 Å². The molecule has 0 saturated heterocycles. The Hall–Kier alpha value is -1.62. The zero-order valence-corrected chi connectivity index (χ0v) is 11.3. The van der Waals surface area contributed by atoms with E-state index in [1.54, 1.807) is 6.33 Å². The van der Waals surface area contributed by atoms with Gasteiger partial charge >= 0.3 is 0 Å². The maximum absolute atomic E-state index is 4.11. The number of aryl methyl sites for hydroxylation is 1. The Morgan fingerprint density at radius 2 is 2.22 bits per heavy atom. The monoisotopic (exact) mass is 247 g/mol. The molecule has 0 aromatic carbocycles. The van der Waals surface area contributed by atoms with E-state index in [4.69, 9.17) is 0 Å². The number of rotatable bonds is 6. The predicted octanol–water partition coefficient (Wildman–Crippen LogP) is 1.41. The molecule has 18 heavy (non-hydrogen) atoms. The number of nitrogens with one attached hydrogen (secondary N) is 1. The zero-order valence-electron chi connectivity index (χ0n) is 11.3. The van der Waals surface area contributed by atoms with Gasteiger partial charge in [-0.15, -0.1) is 10.2 Å². The molecule has 2 aromatic heterocycles. The molecule has 5 heteroatoms. The molecule has 2 aromatic rings. The Balaban J connectivity index is 1.97. The smallest absolute Gasteiger partial charge is 0.152 e. The van der Waals surface area contributed by atoms with Gasteiger partial charge in [0.1, 0.15) is 6.33 Å². The highest BCUT2D eigenvalue weighted by Gasteiger charge is 2.05. The van der Waals surface area contributed by atoms with Crippen LogP contribution in [0.3, 0.4) is 0 Å². The normalized spacial score (nSPS) is 11.3. The highest BCUT2D eigenvalue weighted by atomic mass is 15.3. The first-order valence-corrected chi connectivity index (χ1v) is 6.34. The summed E-state index contributed by atoms with van der Waals surface area (Å²) in [6, 6.07) is 4.21. The third-order valence-electron chi connectivity index (χ3n) is 2.90. The molecule has 0 radical (unpaired) electrons. The molecule has 0 spiro atoms. The van der Waals surface area contributed by atoms with E-state index in [0.717, 1.165) is 25.5 Å². The third kappa shape index (κ3) is 3.20. The van der Waals surface area contributed by atoms with Crippen LogP contribution in [0.15, 0.2) is 24.7 Å². The average molecular weight is 247 g/mol. The van der Waals surface area contributed by atoms with Crippen molar-refractivity contribution in [2.75, 3.05) is 6.54 Å². The van der Waals surface area contributed by atoms with Gasteiger partial charge in [-0.05, 0) is 24.6 Å². The third-order valence-corrected chi connectivity index (χ3v) is 2.90. The highest BCUT2D eigenvalue weighted by Crippen LogP contribution is 2.05. The van der Waals surface area contributed by atoms with Gasteiger partial charge in [0.25, 0.3) is 0 Å². The first-order valence-electron chi connectivity index (χ1n) is 6.34. The van der Waals surface area contributed by atoms with Gasteiger partial charge < -0.3 is 14.5 Å². The van der Waals surface area contributed by atoms with Crippen LogP contribution >= 0.6 is 0 Å². The van der Waals surface area contributed by atoms with Crippen molar-refractivity contribution in [3.05, 3.63) is 36.2 Å². The van der Waals surface area contributed by atoms with Crippen molar-refractivity contribution in [1.29, 1.82) is 0 Å². The van der Waals surface area contributed by atoms with E-state index in [-0.39, 0.29) is 0 Å². The van der Waals surface area contributed by atoms with Crippen LogP contribution in [0.5, 0.6) is 0 Å². The predicted molar refractivity (Wildman–Crippen MR) is 71.1 cm³/mol. The Morgan fingerprint density at radius 1 is 1.39 bits per heavy atom. The lowest BCUT2D eigenvalue weighted by molar-refractivity contribution is 0.536. The molecule has 0 aliphatic heterocycles. The summed E-state index contributed by atoms with van der Waals surface area (Å²) in [4.78, 5) is 0. The van der Waals surface area contributed by atoms with E-state index in [2.05, 4.69) is 52.3 Å². The van der Waals surface area contributed by atoms with Crippen molar-refractivity contribution in [2.24, 2.45) is 13.0 Å². The molecule has 0 fully saturated rings. The van der Waals surface area contributed by atoms with Crippen LogP contribution in [0.1, 0.15) is 25.4 Å². The van der Waals surface area contributed by atoms with E-state index in [9.17, 15) is 0 Å². The molecular formula is C13H21N5. The second-order valence-electron chi connectivity index (χ2n) is 5.01. The van der Waals surface area contributed by atoms with Crippen molar-refractivity contribution in [3.63, 3.8) is 0 Å². The summed E-state index contributed by atoms with van der Waals surface area (Å²) in [5, 5.41) is 11.5. The van der Waals surface area contributed by atoms with Gasteiger partial charge in [-0.3, -0.25) is 0 Å². The fourth-order valence-corrected chi connectivity index (χ4v) is 1.86. The Kier molecular flexibility index (Phi) is 4.15. The van der Waals surface area contributed by atoms with Crippen molar-refractivity contribution in [3.8, 4) is 0 Å². The lowest BCUT2D eigenvalue weighted by Crippen LogP contribution is -2.21. The SMILES string of the molecule is CC(C)CNCc1cccn1Cc1nncn1C. The van der Waals surface area contributed by atoms with Gasteiger partial charge in [-0.25, -0.2) is 0 Å². The largest absolute Gasteiger partial charge is 0.343 e. The molecule has 98 valence electrons. The van der Waals surface area contributed by atoms with Crippen LogP contribution < -0.4 is 5.32 Å². The van der Waals surface area contributed by atoms with Crippen molar-refractivity contribution >= 4 is 0 Å². The van der Waals surface area contributed by atoms with Crippen LogP contribution in [0.4, 0.5) is 0 Å². The molecule has 0 bridgehead atoms. The molecule has 0 amide bonds. The molecule has 2 rings (SSSR count). The number of hydrogen-bond acceptors (Lipinski definition) is 3. The summed E-state index contributed by atoms with van der Waals surface area (Å²) in [6.45, 7) is 7.12. The highest BCUT2D eigenvalue weighted by molar-refractivity contribution is 5.08. The Labute approximate surface area is 108 Å². The molecule has 1 N–H and O–H groups in total. The van der Waals surface area contributed by atoms with Gasteiger partial charge in [0, 0.05) is 25.5 Å². The van der Waals surface area contributed by atoms with E-state index in [0.29, 0.717) is 5.92 Å². The minimum Gasteiger partial charge on any atom is -0.343 e. The second-order valence-corrected chi connectivity index (χ2v) is 5.01. The zero-order chi connectivity index (χ0) is 13.0. The number of hydrogen-bond donors (Lipinski definition) is 1. The van der Waals surface area contributed by atoms with Gasteiger partial charge in [-0.1, -0.05) is 13.8 Å². The molecular weight excluding hydrogens is 226 g/mol. The molecule has 2 heterocycles. The van der Waals surface area contributed by atoms with Crippen LogP contribution in [0, 0.1) is 5.92 Å². The summed E-state index contributed by atoms with van der Waals surface area (Å²) in [5.41, 5.74) is 1.28. The first kappa shape index (κ1) is 12.8. The fraction of sp³-hybridized carbons (Fsp3) is 0.538. The molecule has 0 aliphatic rings. The summed E-state index contributed by atoms with van der Waals surface area (Å²) in [6.07, 6.45) is 3.82. The second kappa shape index (κ2) is 5.82. The fourth-order valence-electron chi connectivity index (χ4n) is 1.86. The van der Waals surface area contributed by atoms with Crippen molar-refractivity contribution in [1.82, 2.24) is 24.6 Å². The lowest BCUT2D eigenvalue weighted by atomic mass is 10.2. The Bertz CT molecular complexity index is 483. The van der Waals surface area contributed by atoms with E-state index < -0.39 is 0 Å². The quantitative estimate of drug-likeness (QED) is 0.839. The summed E-state index contributed by atoms with van der Waals surface area (Å²) < 4.78 is 4.16. The average Bonchev–Trinajstić information content (AvgIpc) is 2.90. The molecule has 0 saturated carbocycles. The minimum atomic E-state index is 0.673. The van der Waals surface area contributed by atoms with Gasteiger partial charge in [0.05, 0.1) is 6.54 Å². The molecule has 0 unspecified atom stereocenters. The van der Waals surface area contributed by atoms with E-state index in [1.165, 1.54) is 5.69 Å². The standard InChI is InChI=1S/C13H21N5/c1-11(2)7-14-8-12-5-4-6-18(12)9-13-16-15-10-17(13)3/h4-6,10-11,14H,7-9H2,1-3H3. The van der Waals surface area contributed by atoms with Crippen LogP contribution in [0.2, 0.25) is 0 Å². The maximum atomic E-state index is 4.11. The van der Waals surface area contributed by atoms with E-state index >= 15 is 0 Å². The molecule has 5 nitrogen and oxygen atoms in total. The van der Waals surface area contributed by atoms with E-state index in [1.807, 2.05) is 11.6 Å². The topological polar surface area (TPSA) is 47.7 Å². The van der Waals surface area contributed by atoms with Crippen LogP contribution in [-0.2, 0) is 20.1 Å². The van der Waals surface area contributed by atoms with Crippen LogP contribution in [-0.4, -0.2) is 25.9 Å². The Morgan fingerprint density at radius 3 is 2.89 bits per heavy atom. The van der Waals surface area contributed by atoms with Gasteiger partial charge in [0.15, 0.2) is 5.82 Å². The first-order chi connectivity index (χ1) is 8.66. The summed E-state index contributed by atoms with van der Waals surface area (Å²) in [5.74, 6) is 1.64. The number of nitrogens with zero attached hydrogens (tertiary/aromatic N) is 4. The summed E-state index contributed by atoms with van der Waals surface area (Å²) >= 11 is 0. The van der Waals surface area contributed by atoms with Gasteiger partial charge in [-0.2, -0.15) is 0 Å². The molecule has 0 atom stereocenters. The minimum absolute atomic E-state index is 0.673. The van der Waals surface area contributed by atoms with Gasteiger partial charge in [0.2, 0.25) is 0 Å². The molecule has 0 aliphatic carbocycles. The van der Waals surface area contributed by atoms with Crippen molar-refractivity contribution in [2.45, 2.75) is 26.9 Å². The number of aromatic nitrogens is 4. The lowest BCUT2D eigenvalue weighted by Gasteiger charge is -2.11. The summed E-state index contributed by atoms with van der Waals surface area (Å²) in [7, 11) is 1.97. The maximum Gasteiger partial charge on any atom is 0.152 e.